The molecule has 1 aromatic heterocycles. The first-order chi connectivity index (χ1) is 12.7. The number of esters is 1. The molecule has 4 heteroatoms. The summed E-state index contributed by atoms with van der Waals surface area (Å²) in [7, 11) is 0. The summed E-state index contributed by atoms with van der Waals surface area (Å²) in [6.45, 7) is 4.28. The number of aromatic nitrogens is 2. The zero-order valence-corrected chi connectivity index (χ0v) is 16.0. The highest BCUT2D eigenvalue weighted by Gasteiger charge is 2.06. The van der Waals surface area contributed by atoms with Crippen LogP contribution in [0.4, 0.5) is 0 Å². The lowest BCUT2D eigenvalue weighted by atomic mass is 10.1. The van der Waals surface area contributed by atoms with Gasteiger partial charge in [0.2, 0.25) is 0 Å². The van der Waals surface area contributed by atoms with Gasteiger partial charge in [0.25, 0.3) is 0 Å². The minimum atomic E-state index is -0.154. The zero-order valence-electron chi connectivity index (χ0n) is 16.0. The van der Waals surface area contributed by atoms with Crippen LogP contribution < -0.4 is 4.74 Å². The molecule has 0 amide bonds. The molecule has 26 heavy (non-hydrogen) atoms. The van der Waals surface area contributed by atoms with E-state index in [1.807, 2.05) is 24.3 Å². The molecule has 0 saturated carbocycles. The third-order valence-electron chi connectivity index (χ3n) is 4.43. The molecule has 0 aliphatic carbocycles. The maximum atomic E-state index is 11.9. The topological polar surface area (TPSA) is 52.1 Å². The van der Waals surface area contributed by atoms with Gasteiger partial charge >= 0.3 is 5.97 Å². The summed E-state index contributed by atoms with van der Waals surface area (Å²) in [4.78, 5) is 20.7. The van der Waals surface area contributed by atoms with Crippen molar-refractivity contribution in [3.05, 3.63) is 42.4 Å². The average Bonchev–Trinajstić information content (AvgIpc) is 2.68. The van der Waals surface area contributed by atoms with Crippen LogP contribution in [-0.2, 0) is 11.2 Å². The molecule has 0 spiro atoms. The van der Waals surface area contributed by atoms with E-state index in [4.69, 9.17) is 4.74 Å². The van der Waals surface area contributed by atoms with Crippen LogP contribution in [0.3, 0.4) is 0 Å². The van der Waals surface area contributed by atoms with E-state index in [0.29, 0.717) is 12.2 Å². The lowest BCUT2D eigenvalue weighted by molar-refractivity contribution is -0.134. The molecule has 0 aliphatic rings. The second kappa shape index (κ2) is 11.4. The number of carbonyl (C=O) groups excluding carboxylic acids is 1. The molecule has 0 atom stereocenters. The van der Waals surface area contributed by atoms with Crippen molar-refractivity contribution in [2.24, 2.45) is 0 Å². The SMILES string of the molecule is CCCCCCCCCC(=O)Oc1ccc(-c2cnc(CC)cn2)cc1. The van der Waals surface area contributed by atoms with Crippen molar-refractivity contribution in [2.45, 2.75) is 71.6 Å². The number of carbonyl (C=O) groups is 1. The van der Waals surface area contributed by atoms with Crippen LogP contribution in [0.1, 0.15) is 70.9 Å². The van der Waals surface area contributed by atoms with Gasteiger partial charge < -0.3 is 4.74 Å². The van der Waals surface area contributed by atoms with E-state index in [-0.39, 0.29) is 5.97 Å². The Labute approximate surface area is 157 Å². The maximum Gasteiger partial charge on any atom is 0.311 e. The Balaban J connectivity index is 1.73. The third-order valence-corrected chi connectivity index (χ3v) is 4.43. The first kappa shape index (κ1) is 20.1. The third kappa shape index (κ3) is 6.95. The smallest absolute Gasteiger partial charge is 0.311 e. The Morgan fingerprint density at radius 2 is 1.58 bits per heavy atom. The van der Waals surface area contributed by atoms with Crippen molar-refractivity contribution in [3.8, 4) is 17.0 Å². The molecule has 2 rings (SSSR count). The van der Waals surface area contributed by atoms with Crippen LogP contribution in [-0.4, -0.2) is 15.9 Å². The molecule has 140 valence electrons. The number of benzene rings is 1. The molecular formula is C22H30N2O2. The van der Waals surface area contributed by atoms with E-state index >= 15 is 0 Å². The van der Waals surface area contributed by atoms with Crippen LogP contribution in [0, 0.1) is 0 Å². The first-order valence-corrected chi connectivity index (χ1v) is 9.85. The number of rotatable bonds is 11. The van der Waals surface area contributed by atoms with E-state index in [1.165, 1.54) is 32.1 Å². The number of ether oxygens (including phenoxy) is 1. The number of hydrogen-bond acceptors (Lipinski definition) is 4. The zero-order chi connectivity index (χ0) is 18.6. The molecule has 0 aliphatic heterocycles. The van der Waals surface area contributed by atoms with Gasteiger partial charge in [-0.3, -0.25) is 14.8 Å². The van der Waals surface area contributed by atoms with Gasteiger partial charge in [-0.15, -0.1) is 0 Å². The molecule has 0 fully saturated rings. The Bertz CT molecular complexity index is 651. The van der Waals surface area contributed by atoms with Crippen molar-refractivity contribution in [2.75, 3.05) is 0 Å². The summed E-state index contributed by atoms with van der Waals surface area (Å²) in [5.41, 5.74) is 2.76. The van der Waals surface area contributed by atoms with Crippen molar-refractivity contribution < 1.29 is 9.53 Å². The Morgan fingerprint density at radius 1 is 0.885 bits per heavy atom. The van der Waals surface area contributed by atoms with Gasteiger partial charge in [0.15, 0.2) is 0 Å². The Kier molecular flexibility index (Phi) is 8.81. The second-order valence-corrected chi connectivity index (χ2v) is 6.62. The second-order valence-electron chi connectivity index (χ2n) is 6.62. The summed E-state index contributed by atoms with van der Waals surface area (Å²) >= 11 is 0. The summed E-state index contributed by atoms with van der Waals surface area (Å²) < 4.78 is 5.41. The van der Waals surface area contributed by atoms with E-state index in [0.717, 1.165) is 36.2 Å². The molecule has 1 heterocycles. The lowest BCUT2D eigenvalue weighted by Gasteiger charge is -2.06. The summed E-state index contributed by atoms with van der Waals surface area (Å²) in [6.07, 6.45) is 13.3. The van der Waals surface area contributed by atoms with E-state index in [2.05, 4.69) is 23.8 Å². The van der Waals surface area contributed by atoms with Gasteiger partial charge in [-0.1, -0.05) is 52.4 Å². The quantitative estimate of drug-likeness (QED) is 0.293. The van der Waals surface area contributed by atoms with Gasteiger partial charge in [0.05, 0.1) is 17.6 Å². The molecule has 0 saturated heterocycles. The highest BCUT2D eigenvalue weighted by Crippen LogP contribution is 2.21. The normalized spacial score (nSPS) is 10.7. The highest BCUT2D eigenvalue weighted by molar-refractivity contribution is 5.72. The van der Waals surface area contributed by atoms with Crippen LogP contribution in [0.15, 0.2) is 36.7 Å². The predicted molar refractivity (Wildman–Crippen MR) is 105 cm³/mol. The largest absolute Gasteiger partial charge is 0.427 e. The Hall–Kier alpha value is -2.23. The average molecular weight is 354 g/mol. The minimum Gasteiger partial charge on any atom is -0.427 e. The van der Waals surface area contributed by atoms with Gasteiger partial charge in [0, 0.05) is 18.2 Å². The van der Waals surface area contributed by atoms with Crippen molar-refractivity contribution in [3.63, 3.8) is 0 Å². The monoisotopic (exact) mass is 354 g/mol. The van der Waals surface area contributed by atoms with Crippen LogP contribution in [0.5, 0.6) is 5.75 Å². The van der Waals surface area contributed by atoms with E-state index < -0.39 is 0 Å². The molecule has 2 aromatic rings. The standard InChI is InChI=1S/C22H30N2O2/c1-3-5-6-7-8-9-10-11-22(25)26-20-14-12-18(13-15-20)21-17-23-19(4-2)16-24-21/h12-17H,3-11H2,1-2H3. The number of nitrogens with zero attached hydrogens (tertiary/aromatic N) is 2. The lowest BCUT2D eigenvalue weighted by Crippen LogP contribution is -2.07. The van der Waals surface area contributed by atoms with Crippen molar-refractivity contribution in [1.29, 1.82) is 0 Å². The molecule has 0 radical (unpaired) electrons. The van der Waals surface area contributed by atoms with Crippen LogP contribution in [0.2, 0.25) is 0 Å². The van der Waals surface area contributed by atoms with Crippen LogP contribution >= 0.6 is 0 Å². The fraction of sp³-hybridized carbons (Fsp3) is 0.500. The first-order valence-electron chi connectivity index (χ1n) is 9.85. The number of hydrogen-bond donors (Lipinski definition) is 0. The molecule has 1 aromatic carbocycles. The van der Waals surface area contributed by atoms with E-state index in [1.54, 1.807) is 12.4 Å². The predicted octanol–water partition coefficient (Wildman–Crippen LogP) is 5.75. The van der Waals surface area contributed by atoms with Crippen molar-refractivity contribution >= 4 is 5.97 Å². The number of unbranched alkanes of at least 4 members (excludes halogenated alkanes) is 6. The van der Waals surface area contributed by atoms with Gasteiger partial charge in [-0.2, -0.15) is 0 Å². The highest BCUT2D eigenvalue weighted by atomic mass is 16.5. The molecule has 4 nitrogen and oxygen atoms in total. The van der Waals surface area contributed by atoms with Gasteiger partial charge in [-0.25, -0.2) is 0 Å². The van der Waals surface area contributed by atoms with Crippen molar-refractivity contribution in [1.82, 2.24) is 9.97 Å². The molecule has 0 unspecified atom stereocenters. The fourth-order valence-electron chi connectivity index (χ4n) is 2.79. The fourth-order valence-corrected chi connectivity index (χ4v) is 2.79. The minimum absolute atomic E-state index is 0.154. The van der Waals surface area contributed by atoms with E-state index in [9.17, 15) is 4.79 Å². The summed E-state index contributed by atoms with van der Waals surface area (Å²) in [5, 5.41) is 0. The number of aryl methyl sites for hydroxylation is 1. The van der Waals surface area contributed by atoms with Gasteiger partial charge in [-0.05, 0) is 37.1 Å². The maximum absolute atomic E-state index is 11.9. The molecular weight excluding hydrogens is 324 g/mol. The Morgan fingerprint density at radius 3 is 2.19 bits per heavy atom. The van der Waals surface area contributed by atoms with Gasteiger partial charge in [0.1, 0.15) is 5.75 Å². The molecule has 0 bridgehead atoms. The summed E-state index contributed by atoms with van der Waals surface area (Å²) in [6, 6.07) is 7.44. The molecule has 0 N–H and O–H groups in total. The summed E-state index contributed by atoms with van der Waals surface area (Å²) in [5.74, 6) is 0.429. The van der Waals surface area contributed by atoms with Crippen LogP contribution in [0.25, 0.3) is 11.3 Å².